The minimum atomic E-state index is 0.682. The highest BCUT2D eigenvalue weighted by Gasteiger charge is 2.22. The van der Waals surface area contributed by atoms with Gasteiger partial charge in [0, 0.05) is 37.5 Å². The van der Waals surface area contributed by atoms with Gasteiger partial charge in [0.25, 0.3) is 0 Å². The van der Waals surface area contributed by atoms with Gasteiger partial charge in [-0.25, -0.2) is 9.97 Å². The van der Waals surface area contributed by atoms with Crippen molar-refractivity contribution in [2.75, 3.05) is 0 Å². The average molecular weight is 707 g/mol. The zero-order valence-corrected chi connectivity index (χ0v) is 29.8. The quantitative estimate of drug-likeness (QED) is 0.179. The SMILES string of the molecule is c1ccc(-c2cccc(-c3ccc4c(c3)oc3c(-c5ccccc5)ccc(-c5nc(-c6ccc7ccccc7c6)c6sc7ccccc7c6n5)c34)c2)cc1. The highest BCUT2D eigenvalue weighted by Crippen LogP contribution is 2.45. The van der Waals surface area contributed by atoms with Crippen molar-refractivity contribution >= 4 is 64.4 Å². The number of furan rings is 1. The third-order valence-corrected chi connectivity index (χ3v) is 11.7. The number of fused-ring (bicyclic) bond motifs is 7. The van der Waals surface area contributed by atoms with Crippen LogP contribution in [0.15, 0.2) is 186 Å². The molecule has 3 aromatic heterocycles. The Balaban J connectivity index is 1.16. The van der Waals surface area contributed by atoms with Crippen molar-refractivity contribution in [3.8, 4) is 56.0 Å². The summed E-state index contributed by atoms with van der Waals surface area (Å²) in [5.74, 6) is 0.682. The predicted octanol–water partition coefficient (Wildman–Crippen LogP) is 14.2. The highest BCUT2D eigenvalue weighted by atomic mass is 32.1. The summed E-state index contributed by atoms with van der Waals surface area (Å²) < 4.78 is 9.22. The van der Waals surface area contributed by atoms with Gasteiger partial charge in [-0.15, -0.1) is 11.3 Å². The van der Waals surface area contributed by atoms with Gasteiger partial charge < -0.3 is 4.42 Å². The standard InChI is InChI=1S/C50H30N2OS/c1-3-12-31(13-4-1)35-18-11-19-36(28-35)37-24-25-40-43(30-37)53-48-39(33-15-5-2-6-16-33)26-27-42(45(40)48)50-51-46(38-23-22-32-14-7-8-17-34(32)29-38)49-47(52-50)41-20-9-10-21-44(41)54-49/h1-30H. The van der Waals surface area contributed by atoms with E-state index in [-0.39, 0.29) is 0 Å². The number of aromatic nitrogens is 2. The monoisotopic (exact) mass is 706 g/mol. The lowest BCUT2D eigenvalue weighted by molar-refractivity contribution is 0.670. The second kappa shape index (κ2) is 12.4. The molecule has 0 fully saturated rings. The second-order valence-corrected chi connectivity index (χ2v) is 14.8. The molecule has 54 heavy (non-hydrogen) atoms. The van der Waals surface area contributed by atoms with E-state index < -0.39 is 0 Å². The number of benzene rings is 8. The highest BCUT2D eigenvalue weighted by molar-refractivity contribution is 7.26. The Morgan fingerprint density at radius 3 is 1.94 bits per heavy atom. The van der Waals surface area contributed by atoms with Crippen molar-refractivity contribution in [2.45, 2.75) is 0 Å². The van der Waals surface area contributed by atoms with Crippen molar-refractivity contribution in [1.29, 1.82) is 0 Å². The molecule has 0 bridgehead atoms. The first-order valence-electron chi connectivity index (χ1n) is 18.1. The number of nitrogens with zero attached hydrogens (tertiary/aromatic N) is 2. The van der Waals surface area contributed by atoms with Crippen LogP contribution in [-0.4, -0.2) is 9.97 Å². The van der Waals surface area contributed by atoms with Crippen LogP contribution < -0.4 is 0 Å². The Labute approximate surface area is 315 Å². The second-order valence-electron chi connectivity index (χ2n) is 13.7. The van der Waals surface area contributed by atoms with Gasteiger partial charge in [-0.2, -0.15) is 0 Å². The van der Waals surface area contributed by atoms with Crippen LogP contribution in [-0.2, 0) is 0 Å². The Morgan fingerprint density at radius 2 is 1.09 bits per heavy atom. The Bertz CT molecular complexity index is 3220. The predicted molar refractivity (Wildman–Crippen MR) is 227 cm³/mol. The molecule has 3 heterocycles. The van der Waals surface area contributed by atoms with Gasteiger partial charge in [-0.1, -0.05) is 140 Å². The normalized spacial score (nSPS) is 11.7. The van der Waals surface area contributed by atoms with Gasteiger partial charge in [-0.05, 0) is 81.1 Å². The fraction of sp³-hybridized carbons (Fsp3) is 0. The van der Waals surface area contributed by atoms with Crippen LogP contribution in [0.5, 0.6) is 0 Å². The maximum Gasteiger partial charge on any atom is 0.161 e. The minimum Gasteiger partial charge on any atom is -0.455 e. The van der Waals surface area contributed by atoms with Gasteiger partial charge in [-0.3, -0.25) is 0 Å². The number of hydrogen-bond donors (Lipinski definition) is 0. The van der Waals surface area contributed by atoms with Gasteiger partial charge in [0.05, 0.1) is 15.9 Å². The van der Waals surface area contributed by atoms with Gasteiger partial charge in [0.15, 0.2) is 5.82 Å². The topological polar surface area (TPSA) is 38.9 Å². The number of rotatable bonds is 5. The van der Waals surface area contributed by atoms with Crippen LogP contribution in [0, 0.1) is 0 Å². The van der Waals surface area contributed by atoms with Gasteiger partial charge in [0.2, 0.25) is 0 Å². The molecule has 4 heteroatoms. The summed E-state index contributed by atoms with van der Waals surface area (Å²) in [5.41, 5.74) is 12.3. The molecular weight excluding hydrogens is 677 g/mol. The van der Waals surface area contributed by atoms with E-state index in [0.717, 1.165) is 76.6 Å². The zero-order valence-electron chi connectivity index (χ0n) is 29.0. The van der Waals surface area contributed by atoms with E-state index in [4.69, 9.17) is 14.4 Å². The summed E-state index contributed by atoms with van der Waals surface area (Å²) in [5, 5.41) is 5.58. The van der Waals surface area contributed by atoms with Gasteiger partial charge >= 0.3 is 0 Å². The van der Waals surface area contributed by atoms with E-state index in [1.807, 2.05) is 6.07 Å². The fourth-order valence-corrected chi connectivity index (χ4v) is 9.00. The Kier molecular flexibility index (Phi) is 7.04. The van der Waals surface area contributed by atoms with Crippen LogP contribution in [0.25, 0.3) is 109 Å². The van der Waals surface area contributed by atoms with Crippen LogP contribution in [0.1, 0.15) is 0 Å². The fourth-order valence-electron chi connectivity index (χ4n) is 7.84. The van der Waals surface area contributed by atoms with Crippen LogP contribution in [0.2, 0.25) is 0 Å². The molecule has 252 valence electrons. The van der Waals surface area contributed by atoms with E-state index in [2.05, 4.69) is 176 Å². The van der Waals surface area contributed by atoms with Crippen LogP contribution in [0.3, 0.4) is 0 Å². The lowest BCUT2D eigenvalue weighted by atomic mass is 9.96. The Hall–Kier alpha value is -6.88. The third kappa shape index (κ3) is 5.03. The van der Waals surface area contributed by atoms with E-state index >= 15 is 0 Å². The molecule has 0 saturated heterocycles. The summed E-state index contributed by atoms with van der Waals surface area (Å²) in [6.07, 6.45) is 0. The summed E-state index contributed by atoms with van der Waals surface area (Å²) in [6, 6.07) is 64.3. The first kappa shape index (κ1) is 30.7. The molecule has 11 rings (SSSR count). The first-order chi connectivity index (χ1) is 26.7. The van der Waals surface area contributed by atoms with E-state index in [1.54, 1.807) is 11.3 Å². The third-order valence-electron chi connectivity index (χ3n) is 10.5. The maximum absolute atomic E-state index is 6.93. The smallest absolute Gasteiger partial charge is 0.161 e. The molecule has 8 aromatic carbocycles. The van der Waals surface area contributed by atoms with Gasteiger partial charge in [0.1, 0.15) is 11.2 Å². The van der Waals surface area contributed by atoms with Crippen molar-refractivity contribution < 1.29 is 4.42 Å². The van der Waals surface area contributed by atoms with E-state index in [9.17, 15) is 0 Å². The van der Waals surface area contributed by atoms with Crippen LogP contribution in [0.4, 0.5) is 0 Å². The summed E-state index contributed by atoms with van der Waals surface area (Å²) in [7, 11) is 0. The molecule has 0 aliphatic heterocycles. The lowest BCUT2D eigenvalue weighted by Gasteiger charge is -2.11. The number of thiophene rings is 1. The molecule has 0 unspecified atom stereocenters. The molecule has 0 N–H and O–H groups in total. The minimum absolute atomic E-state index is 0.682. The van der Waals surface area contributed by atoms with Crippen molar-refractivity contribution in [3.05, 3.63) is 182 Å². The average Bonchev–Trinajstić information content (AvgIpc) is 3.82. The lowest BCUT2D eigenvalue weighted by Crippen LogP contribution is -1.95. The molecule has 0 aliphatic rings. The van der Waals surface area contributed by atoms with Crippen LogP contribution >= 0.6 is 11.3 Å². The molecule has 0 atom stereocenters. The molecule has 3 nitrogen and oxygen atoms in total. The molecular formula is C50H30N2OS. The molecule has 0 spiro atoms. The molecule has 0 aliphatic carbocycles. The molecule has 0 amide bonds. The molecule has 0 radical (unpaired) electrons. The summed E-state index contributed by atoms with van der Waals surface area (Å²) in [4.78, 5) is 10.8. The zero-order chi connectivity index (χ0) is 35.6. The Morgan fingerprint density at radius 1 is 0.426 bits per heavy atom. The van der Waals surface area contributed by atoms with E-state index in [1.165, 1.54) is 26.6 Å². The first-order valence-corrected chi connectivity index (χ1v) is 19.0. The molecule has 11 aromatic rings. The number of hydrogen-bond acceptors (Lipinski definition) is 4. The summed E-state index contributed by atoms with van der Waals surface area (Å²) in [6.45, 7) is 0. The van der Waals surface area contributed by atoms with Crippen molar-refractivity contribution in [3.63, 3.8) is 0 Å². The van der Waals surface area contributed by atoms with E-state index in [0.29, 0.717) is 5.82 Å². The van der Waals surface area contributed by atoms with Crippen molar-refractivity contribution in [2.24, 2.45) is 0 Å². The van der Waals surface area contributed by atoms with Crippen molar-refractivity contribution in [1.82, 2.24) is 9.97 Å². The summed E-state index contributed by atoms with van der Waals surface area (Å²) >= 11 is 1.76. The largest absolute Gasteiger partial charge is 0.455 e. The maximum atomic E-state index is 6.93. The molecule has 0 saturated carbocycles.